The molecule has 1 amide bonds. The van der Waals surface area contributed by atoms with Crippen molar-refractivity contribution < 1.29 is 14.6 Å². The Kier molecular flexibility index (Phi) is 5.29. The summed E-state index contributed by atoms with van der Waals surface area (Å²) in [5.74, 6) is 0.808. The molecule has 1 aromatic carbocycles. The number of phenols is 1. The van der Waals surface area contributed by atoms with Gasteiger partial charge < -0.3 is 20.5 Å². The van der Waals surface area contributed by atoms with Crippen LogP contribution < -0.4 is 10.6 Å². The molecule has 0 saturated heterocycles. The van der Waals surface area contributed by atoms with Gasteiger partial charge in [0.05, 0.1) is 0 Å². The molecule has 0 bridgehead atoms. The van der Waals surface area contributed by atoms with Crippen molar-refractivity contribution in [2.75, 3.05) is 6.54 Å². The van der Waals surface area contributed by atoms with Crippen LogP contribution in [-0.4, -0.2) is 29.4 Å². The predicted octanol–water partition coefficient (Wildman–Crippen LogP) is 2.79. The molecule has 3 N–H and O–H groups in total. The second kappa shape index (κ2) is 7.01. The van der Waals surface area contributed by atoms with Crippen LogP contribution in [-0.2, 0) is 11.3 Å². The Morgan fingerprint density at radius 3 is 2.64 bits per heavy atom. The number of phenolic OH excluding ortho intramolecular Hbond substituents is 1. The van der Waals surface area contributed by atoms with Crippen molar-refractivity contribution in [3.8, 4) is 5.75 Å². The smallest absolute Gasteiger partial charge is 0.407 e. The highest BCUT2D eigenvalue weighted by Crippen LogP contribution is 2.32. The number of aromatic hydroxyl groups is 1. The Labute approximate surface area is 132 Å². The van der Waals surface area contributed by atoms with Crippen LogP contribution in [0.3, 0.4) is 0 Å². The van der Waals surface area contributed by atoms with Crippen molar-refractivity contribution in [3.63, 3.8) is 0 Å². The molecule has 2 rings (SSSR count). The number of benzene rings is 1. The topological polar surface area (TPSA) is 70.6 Å². The first-order valence-corrected chi connectivity index (χ1v) is 7.82. The molecule has 0 aliphatic heterocycles. The molecule has 5 nitrogen and oxygen atoms in total. The Bertz CT molecular complexity index is 507. The van der Waals surface area contributed by atoms with E-state index in [1.807, 2.05) is 32.9 Å². The van der Waals surface area contributed by atoms with E-state index < -0.39 is 5.60 Å². The SMILES string of the molecule is CC(C)(C)OC(=O)NC(CNCc1ccccc1O)C1CC1. The quantitative estimate of drug-likeness (QED) is 0.756. The van der Waals surface area contributed by atoms with Crippen LogP contribution in [0.4, 0.5) is 4.79 Å². The normalized spacial score (nSPS) is 16.1. The van der Waals surface area contributed by atoms with E-state index in [1.165, 1.54) is 0 Å². The minimum atomic E-state index is -0.485. The number of carbonyl (C=O) groups excluding carboxylic acids is 1. The number of nitrogens with one attached hydrogen (secondary N) is 2. The van der Waals surface area contributed by atoms with Gasteiger partial charge in [-0.05, 0) is 45.6 Å². The van der Waals surface area contributed by atoms with Gasteiger partial charge in [0.25, 0.3) is 0 Å². The van der Waals surface area contributed by atoms with Crippen molar-refractivity contribution in [3.05, 3.63) is 29.8 Å². The maximum Gasteiger partial charge on any atom is 0.407 e. The van der Waals surface area contributed by atoms with E-state index in [0.29, 0.717) is 19.0 Å². The maximum atomic E-state index is 11.9. The van der Waals surface area contributed by atoms with Crippen LogP contribution >= 0.6 is 0 Å². The summed E-state index contributed by atoms with van der Waals surface area (Å²) in [6.45, 7) is 6.81. The molecule has 1 aromatic rings. The van der Waals surface area contributed by atoms with Crippen molar-refractivity contribution in [1.29, 1.82) is 0 Å². The standard InChI is InChI=1S/C17H26N2O3/c1-17(2,3)22-16(21)19-14(12-8-9-12)11-18-10-13-6-4-5-7-15(13)20/h4-7,12,14,18,20H,8-11H2,1-3H3,(H,19,21). The van der Waals surface area contributed by atoms with E-state index in [-0.39, 0.29) is 17.9 Å². The first kappa shape index (κ1) is 16.6. The average molecular weight is 306 g/mol. The van der Waals surface area contributed by atoms with Gasteiger partial charge in [-0.3, -0.25) is 0 Å². The van der Waals surface area contributed by atoms with E-state index in [9.17, 15) is 9.90 Å². The number of carbonyl (C=O) groups is 1. The van der Waals surface area contributed by atoms with Gasteiger partial charge in [-0.15, -0.1) is 0 Å². The van der Waals surface area contributed by atoms with Gasteiger partial charge >= 0.3 is 6.09 Å². The molecule has 1 saturated carbocycles. The number of amides is 1. The zero-order chi connectivity index (χ0) is 16.2. The predicted molar refractivity (Wildman–Crippen MR) is 85.7 cm³/mol. The molecule has 1 aliphatic carbocycles. The fraction of sp³-hybridized carbons (Fsp3) is 0.588. The molecule has 1 fully saturated rings. The summed E-state index contributed by atoms with van der Waals surface area (Å²) >= 11 is 0. The highest BCUT2D eigenvalue weighted by molar-refractivity contribution is 5.68. The van der Waals surface area contributed by atoms with Crippen LogP contribution in [0.25, 0.3) is 0 Å². The van der Waals surface area contributed by atoms with Crippen molar-refractivity contribution in [1.82, 2.24) is 10.6 Å². The lowest BCUT2D eigenvalue weighted by atomic mass is 10.1. The zero-order valence-electron chi connectivity index (χ0n) is 13.6. The summed E-state index contributed by atoms with van der Waals surface area (Å²) < 4.78 is 5.31. The lowest BCUT2D eigenvalue weighted by Gasteiger charge is -2.24. The number of ether oxygens (including phenoxy) is 1. The van der Waals surface area contributed by atoms with E-state index >= 15 is 0 Å². The molecule has 0 aromatic heterocycles. The number of para-hydroxylation sites is 1. The molecule has 0 heterocycles. The second-order valence-electron chi connectivity index (χ2n) is 6.85. The summed E-state index contributed by atoms with van der Waals surface area (Å²) in [6, 6.07) is 7.33. The van der Waals surface area contributed by atoms with Crippen molar-refractivity contribution in [2.24, 2.45) is 5.92 Å². The minimum absolute atomic E-state index is 0.0701. The van der Waals surface area contributed by atoms with E-state index in [0.717, 1.165) is 18.4 Å². The summed E-state index contributed by atoms with van der Waals surface area (Å²) in [5, 5.41) is 16.0. The molecule has 5 heteroatoms. The van der Waals surface area contributed by atoms with Crippen LogP contribution in [0, 0.1) is 5.92 Å². The number of hydrogen-bond donors (Lipinski definition) is 3. The molecule has 22 heavy (non-hydrogen) atoms. The van der Waals surface area contributed by atoms with Gasteiger partial charge in [-0.1, -0.05) is 18.2 Å². The van der Waals surface area contributed by atoms with Gasteiger partial charge in [0.2, 0.25) is 0 Å². The number of hydrogen-bond acceptors (Lipinski definition) is 4. The molecule has 0 spiro atoms. The maximum absolute atomic E-state index is 11.9. The fourth-order valence-corrected chi connectivity index (χ4v) is 2.32. The third kappa shape index (κ3) is 5.56. The highest BCUT2D eigenvalue weighted by Gasteiger charge is 2.33. The number of rotatable bonds is 6. The minimum Gasteiger partial charge on any atom is -0.508 e. The van der Waals surface area contributed by atoms with Crippen LogP contribution in [0.15, 0.2) is 24.3 Å². The van der Waals surface area contributed by atoms with Crippen molar-refractivity contribution in [2.45, 2.75) is 51.8 Å². The zero-order valence-corrected chi connectivity index (χ0v) is 13.6. The first-order valence-electron chi connectivity index (χ1n) is 7.82. The van der Waals surface area contributed by atoms with Gasteiger partial charge in [0.15, 0.2) is 0 Å². The van der Waals surface area contributed by atoms with E-state index in [4.69, 9.17) is 4.74 Å². The lowest BCUT2D eigenvalue weighted by Crippen LogP contribution is -2.45. The Morgan fingerprint density at radius 2 is 2.05 bits per heavy atom. The fourth-order valence-electron chi connectivity index (χ4n) is 2.32. The lowest BCUT2D eigenvalue weighted by molar-refractivity contribution is 0.0497. The third-order valence-electron chi connectivity index (χ3n) is 3.56. The summed E-state index contributed by atoms with van der Waals surface area (Å²) in [5.41, 5.74) is 0.371. The summed E-state index contributed by atoms with van der Waals surface area (Å²) in [7, 11) is 0. The first-order chi connectivity index (χ1) is 10.3. The molecular weight excluding hydrogens is 280 g/mol. The van der Waals surface area contributed by atoms with Gasteiger partial charge in [0.1, 0.15) is 11.4 Å². The van der Waals surface area contributed by atoms with Crippen LogP contribution in [0.2, 0.25) is 0 Å². The van der Waals surface area contributed by atoms with Gasteiger partial charge in [-0.25, -0.2) is 4.79 Å². The van der Waals surface area contributed by atoms with Crippen LogP contribution in [0.5, 0.6) is 5.75 Å². The molecule has 0 radical (unpaired) electrons. The van der Waals surface area contributed by atoms with Crippen LogP contribution in [0.1, 0.15) is 39.2 Å². The molecule has 122 valence electrons. The summed E-state index contributed by atoms with van der Waals surface area (Å²) in [6.07, 6.45) is 1.91. The molecule has 1 unspecified atom stereocenters. The molecule has 1 atom stereocenters. The molecular formula is C17H26N2O3. The molecule has 1 aliphatic rings. The van der Waals surface area contributed by atoms with Crippen molar-refractivity contribution >= 4 is 6.09 Å². The largest absolute Gasteiger partial charge is 0.508 e. The Balaban J connectivity index is 1.80. The van der Waals surface area contributed by atoms with E-state index in [1.54, 1.807) is 12.1 Å². The average Bonchev–Trinajstić information content (AvgIpc) is 3.22. The van der Waals surface area contributed by atoms with Gasteiger partial charge in [0, 0.05) is 24.7 Å². The van der Waals surface area contributed by atoms with E-state index in [2.05, 4.69) is 10.6 Å². The third-order valence-corrected chi connectivity index (χ3v) is 3.56. The monoisotopic (exact) mass is 306 g/mol. The van der Waals surface area contributed by atoms with Gasteiger partial charge in [-0.2, -0.15) is 0 Å². The number of alkyl carbamates (subject to hydrolysis) is 1. The second-order valence-corrected chi connectivity index (χ2v) is 6.85. The highest BCUT2D eigenvalue weighted by atomic mass is 16.6. The Morgan fingerprint density at radius 1 is 1.36 bits per heavy atom. The Hall–Kier alpha value is -1.75. The summed E-state index contributed by atoms with van der Waals surface area (Å²) in [4.78, 5) is 11.9.